The topological polar surface area (TPSA) is 251 Å². The van der Waals surface area contributed by atoms with Crippen LogP contribution in [0.15, 0.2) is 22.3 Å². The Bertz CT molecular complexity index is 1370. The lowest BCUT2D eigenvalue weighted by atomic mass is 9.98. The van der Waals surface area contributed by atoms with E-state index in [1.165, 1.54) is 22.8 Å². The number of amides is 2. The third-order valence-electron chi connectivity index (χ3n) is 7.34. The molecule has 0 aromatic carbocycles. The van der Waals surface area contributed by atoms with Gasteiger partial charge >= 0.3 is 16.3 Å². The van der Waals surface area contributed by atoms with Crippen molar-refractivity contribution in [3.05, 3.63) is 23.0 Å². The van der Waals surface area contributed by atoms with Crippen LogP contribution in [0.25, 0.3) is 0 Å². The predicted octanol–water partition coefficient (Wildman–Crippen LogP) is -3.11. The third kappa shape index (κ3) is 5.70. The van der Waals surface area contributed by atoms with E-state index < -0.39 is 51.1 Å². The van der Waals surface area contributed by atoms with Crippen molar-refractivity contribution in [2.45, 2.75) is 43.5 Å². The smallest absolute Gasteiger partial charge is 0.362 e. The molecule has 3 unspecified atom stereocenters. The molecule has 5 rings (SSSR count). The fourth-order valence-electron chi connectivity index (χ4n) is 4.78. The number of hydrogen-bond donors (Lipinski definition) is 6. The Balaban J connectivity index is 1.31. The third-order valence-corrected chi connectivity index (χ3v) is 9.07. The van der Waals surface area contributed by atoms with Gasteiger partial charge in [-0.2, -0.15) is 23.4 Å². The molecule has 218 valence electrons. The van der Waals surface area contributed by atoms with E-state index >= 15 is 0 Å². The highest BCUT2D eigenvalue weighted by Crippen LogP contribution is 2.46. The Morgan fingerprint density at radius 1 is 1.32 bits per heavy atom. The highest BCUT2D eigenvalue weighted by atomic mass is 32.2. The second-order valence-corrected chi connectivity index (χ2v) is 12.6. The largest absolute Gasteiger partial charge is 0.481 e. The van der Waals surface area contributed by atoms with Crippen molar-refractivity contribution < 1.29 is 32.5 Å². The van der Waals surface area contributed by atoms with Crippen LogP contribution in [0.4, 0.5) is 0 Å². The van der Waals surface area contributed by atoms with Gasteiger partial charge in [-0.3, -0.25) is 28.8 Å². The number of aromatic nitrogens is 3. The van der Waals surface area contributed by atoms with Gasteiger partial charge in [0.25, 0.3) is 11.8 Å². The number of β-lactam (4-membered cyclic amide) rings is 1. The lowest BCUT2D eigenvalue weighted by Crippen LogP contribution is -2.73. The van der Waals surface area contributed by atoms with Crippen molar-refractivity contribution in [2.24, 2.45) is 27.8 Å². The maximum atomic E-state index is 13.3. The van der Waals surface area contributed by atoms with E-state index in [-0.39, 0.29) is 28.8 Å². The van der Waals surface area contributed by atoms with E-state index in [0.29, 0.717) is 37.5 Å². The zero-order valence-electron chi connectivity index (χ0n) is 21.2. The molecule has 8 N–H and O–H groups in total. The molecule has 1 aliphatic carbocycles. The summed E-state index contributed by atoms with van der Waals surface area (Å²) < 4.78 is 33.8. The number of nitrogens with one attached hydrogen (secondary N) is 2. The Kier molecular flexibility index (Phi) is 7.61. The van der Waals surface area contributed by atoms with Gasteiger partial charge in [0.1, 0.15) is 23.3 Å². The van der Waals surface area contributed by atoms with Crippen LogP contribution in [0, 0.1) is 11.3 Å². The molecule has 2 amide bonds. The quantitative estimate of drug-likeness (QED) is 0.0792. The zero-order chi connectivity index (χ0) is 28.8. The number of hydrogen-bond acceptors (Lipinski definition) is 13. The molecule has 0 spiro atoms. The maximum Gasteiger partial charge on any atom is 0.362 e. The number of thioether (sulfide) groups is 1. The molecule has 3 aliphatic heterocycles. The van der Waals surface area contributed by atoms with Gasteiger partial charge in [-0.1, -0.05) is 11.8 Å². The standard InChI is InChI=1S/C21H30N10O7S2/c22-3-11-5-29(6-11)7-12-4-25-30(28-12)8-14-16(18(33)31(14)40(36,37)38)27-17(32)15(13-9-39-20(23)26-13)24-10-21(1-2-21)19(34)35/h4,9,11,14,16,20,26H,1-3,5-8,10,22-23H2,(H,27,32)(H,34,35)(H,36,37,38)/b24-15-. The number of carbonyl (C=O) groups is 3. The number of rotatable bonds is 12. The molecule has 40 heavy (non-hydrogen) atoms. The van der Waals surface area contributed by atoms with Crippen LogP contribution < -0.4 is 22.1 Å². The van der Waals surface area contributed by atoms with Crippen LogP contribution in [0.3, 0.4) is 0 Å². The fraction of sp³-hybridized carbons (Fsp3) is 0.619. The lowest BCUT2D eigenvalue weighted by Gasteiger charge is -2.43. The number of aliphatic imine (C=N–C) groups is 1. The molecule has 4 aliphatic rings. The normalized spacial score (nSPS) is 26.5. The van der Waals surface area contributed by atoms with Gasteiger partial charge in [0.2, 0.25) is 0 Å². The van der Waals surface area contributed by atoms with Crippen LogP contribution in [0.5, 0.6) is 0 Å². The van der Waals surface area contributed by atoms with Crippen LogP contribution in [-0.4, -0.2) is 110 Å². The summed E-state index contributed by atoms with van der Waals surface area (Å²) in [6.07, 6.45) is 2.35. The zero-order valence-corrected chi connectivity index (χ0v) is 22.8. The first-order valence-corrected chi connectivity index (χ1v) is 14.8. The number of likely N-dealkylation sites (tertiary alicyclic amines) is 1. The lowest BCUT2D eigenvalue weighted by molar-refractivity contribution is -0.145. The van der Waals surface area contributed by atoms with Gasteiger partial charge in [0.05, 0.1) is 36.1 Å². The molecule has 0 bridgehead atoms. The van der Waals surface area contributed by atoms with Crippen molar-refractivity contribution in [3.63, 3.8) is 0 Å². The molecule has 17 nitrogen and oxygen atoms in total. The van der Waals surface area contributed by atoms with E-state index in [2.05, 4.69) is 30.7 Å². The summed E-state index contributed by atoms with van der Waals surface area (Å²) in [6, 6.07) is -2.58. The first-order chi connectivity index (χ1) is 18.9. The highest BCUT2D eigenvalue weighted by Gasteiger charge is 2.55. The molecule has 3 atom stereocenters. The van der Waals surface area contributed by atoms with E-state index in [1.54, 1.807) is 5.41 Å². The van der Waals surface area contributed by atoms with Crippen LogP contribution in [0.1, 0.15) is 18.5 Å². The second kappa shape index (κ2) is 10.7. The van der Waals surface area contributed by atoms with Crippen molar-refractivity contribution in [1.29, 1.82) is 0 Å². The van der Waals surface area contributed by atoms with Crippen LogP contribution in [0.2, 0.25) is 0 Å². The Labute approximate surface area is 233 Å². The van der Waals surface area contributed by atoms with Gasteiger partial charge in [-0.05, 0) is 30.7 Å². The summed E-state index contributed by atoms with van der Waals surface area (Å²) in [6.45, 7) is 2.38. The van der Waals surface area contributed by atoms with Crippen molar-refractivity contribution in [2.75, 3.05) is 26.2 Å². The molecule has 4 heterocycles. The number of nitrogens with two attached hydrogens (primary N) is 2. The summed E-state index contributed by atoms with van der Waals surface area (Å²) >= 11 is 1.18. The fourth-order valence-corrected chi connectivity index (χ4v) is 6.31. The van der Waals surface area contributed by atoms with Crippen molar-refractivity contribution in [3.8, 4) is 0 Å². The molecule has 1 saturated carbocycles. The van der Waals surface area contributed by atoms with E-state index in [1.807, 2.05) is 0 Å². The number of carboxylic acid groups (broad SMARTS) is 1. The summed E-state index contributed by atoms with van der Waals surface area (Å²) in [5.41, 5.74) is 10.6. The minimum atomic E-state index is -4.94. The number of carboxylic acids is 1. The van der Waals surface area contributed by atoms with Crippen LogP contribution in [-0.2, 0) is 37.8 Å². The molecule has 3 fully saturated rings. The first kappa shape index (κ1) is 28.4. The maximum absolute atomic E-state index is 13.3. The molecule has 2 saturated heterocycles. The van der Waals surface area contributed by atoms with Crippen molar-refractivity contribution in [1.82, 2.24) is 34.8 Å². The molecular weight excluding hydrogens is 568 g/mol. The SMILES string of the molecule is NCC1CN(Cc2cnn(CC3C(NC(=O)/C(=N\CC4(C(=O)O)CC4)C4=CSC(N)N4)C(=O)N3S(=O)(=O)O)n2)C1. The number of carbonyl (C=O) groups excluding carboxylic acids is 2. The Morgan fingerprint density at radius 3 is 2.62 bits per heavy atom. The summed E-state index contributed by atoms with van der Waals surface area (Å²) in [5, 5.41) is 24.9. The Morgan fingerprint density at radius 2 is 2.05 bits per heavy atom. The summed E-state index contributed by atoms with van der Waals surface area (Å²) in [4.78, 5) is 45.2. The van der Waals surface area contributed by atoms with Crippen LogP contribution >= 0.6 is 11.8 Å². The van der Waals surface area contributed by atoms with Gasteiger partial charge < -0.3 is 27.2 Å². The monoisotopic (exact) mass is 598 g/mol. The van der Waals surface area contributed by atoms with Gasteiger partial charge in [-0.15, -0.1) is 0 Å². The minimum Gasteiger partial charge on any atom is -0.481 e. The molecule has 19 heteroatoms. The first-order valence-electron chi connectivity index (χ1n) is 12.5. The molecule has 0 radical (unpaired) electrons. The van der Waals surface area contributed by atoms with Gasteiger partial charge in [0.15, 0.2) is 0 Å². The summed E-state index contributed by atoms with van der Waals surface area (Å²) in [5.74, 6) is -2.48. The van der Waals surface area contributed by atoms with Crippen molar-refractivity contribution >= 4 is 45.6 Å². The predicted molar refractivity (Wildman–Crippen MR) is 140 cm³/mol. The van der Waals surface area contributed by atoms with E-state index in [9.17, 15) is 32.5 Å². The van der Waals surface area contributed by atoms with E-state index in [4.69, 9.17) is 11.5 Å². The van der Waals surface area contributed by atoms with Gasteiger partial charge in [-0.25, -0.2) is 4.31 Å². The average Bonchev–Trinajstić information content (AvgIpc) is 3.33. The average molecular weight is 599 g/mol. The Hall–Kier alpha value is -3.10. The second-order valence-electron chi connectivity index (χ2n) is 10.3. The summed E-state index contributed by atoms with van der Waals surface area (Å²) in [7, 11) is -4.94. The van der Waals surface area contributed by atoms with Gasteiger partial charge in [0, 0.05) is 19.6 Å². The minimum absolute atomic E-state index is 0.160. The molecule has 1 aromatic heterocycles. The molecular formula is C21H30N10O7S2. The van der Waals surface area contributed by atoms with E-state index in [0.717, 1.165) is 13.1 Å². The molecule has 1 aromatic rings. The number of aliphatic carboxylic acids is 1. The number of nitrogens with zero attached hydrogens (tertiary/aromatic N) is 6. The highest BCUT2D eigenvalue weighted by molar-refractivity contribution is 8.02.